The van der Waals surface area contributed by atoms with Gasteiger partial charge >= 0.3 is 0 Å². The van der Waals surface area contributed by atoms with Gasteiger partial charge in [-0.15, -0.1) is 0 Å². The van der Waals surface area contributed by atoms with Gasteiger partial charge in [0.1, 0.15) is 5.82 Å². The van der Waals surface area contributed by atoms with E-state index in [1.54, 1.807) is 0 Å². The third-order valence-corrected chi connectivity index (χ3v) is 5.04. The van der Waals surface area contributed by atoms with E-state index in [2.05, 4.69) is 44.9 Å². The van der Waals surface area contributed by atoms with E-state index in [4.69, 9.17) is 9.73 Å². The van der Waals surface area contributed by atoms with Gasteiger partial charge in [-0.1, -0.05) is 6.07 Å². The largest absolute Gasteiger partial charge is 0.379 e. The SMILES string of the molecule is CCNC(=NCCN1CCOCC1C)N1CCN(c2ccccn2)CC1. The molecular formula is C19H32N6O. The maximum Gasteiger partial charge on any atom is 0.194 e. The number of aliphatic imine (C=N–C) groups is 1. The molecule has 144 valence electrons. The fraction of sp³-hybridized carbons (Fsp3) is 0.684. The number of morpholine rings is 1. The first-order chi connectivity index (χ1) is 12.8. The van der Waals surface area contributed by atoms with Crippen LogP contribution in [0.3, 0.4) is 0 Å². The van der Waals surface area contributed by atoms with Crippen LogP contribution in [-0.2, 0) is 4.74 Å². The lowest BCUT2D eigenvalue weighted by Crippen LogP contribution is -2.53. The Bertz CT molecular complexity index is 558. The Morgan fingerprint density at radius 2 is 2.12 bits per heavy atom. The Morgan fingerprint density at radius 1 is 1.27 bits per heavy atom. The summed E-state index contributed by atoms with van der Waals surface area (Å²) in [5, 5.41) is 3.45. The van der Waals surface area contributed by atoms with Crippen molar-refractivity contribution in [2.75, 3.05) is 70.5 Å². The molecule has 1 aromatic rings. The summed E-state index contributed by atoms with van der Waals surface area (Å²) < 4.78 is 5.51. The highest BCUT2D eigenvalue weighted by Crippen LogP contribution is 2.12. The average Bonchev–Trinajstić information content (AvgIpc) is 2.69. The van der Waals surface area contributed by atoms with Crippen molar-refractivity contribution in [1.82, 2.24) is 20.1 Å². The van der Waals surface area contributed by atoms with E-state index < -0.39 is 0 Å². The van der Waals surface area contributed by atoms with Gasteiger partial charge in [-0.2, -0.15) is 0 Å². The standard InChI is InChI=1S/C19H32N6O/c1-3-20-19(22-8-9-23-14-15-26-16-17(23)2)25-12-10-24(11-13-25)18-6-4-5-7-21-18/h4-7,17H,3,8-16H2,1-2H3,(H,20,22). The van der Waals surface area contributed by atoms with Crippen LogP contribution in [0.15, 0.2) is 29.4 Å². The van der Waals surface area contributed by atoms with Gasteiger partial charge in [0.15, 0.2) is 5.96 Å². The normalized spacial score (nSPS) is 22.5. The Hall–Kier alpha value is -1.86. The highest BCUT2D eigenvalue weighted by molar-refractivity contribution is 5.80. The van der Waals surface area contributed by atoms with Gasteiger partial charge in [0, 0.05) is 58.1 Å². The van der Waals surface area contributed by atoms with Crippen LogP contribution in [0.5, 0.6) is 0 Å². The molecule has 2 fully saturated rings. The van der Waals surface area contributed by atoms with Crippen LogP contribution in [0, 0.1) is 0 Å². The smallest absolute Gasteiger partial charge is 0.194 e. The number of anilines is 1. The first kappa shape index (κ1) is 18.9. The van der Waals surface area contributed by atoms with Crippen molar-refractivity contribution in [2.24, 2.45) is 4.99 Å². The number of rotatable bonds is 5. The summed E-state index contributed by atoms with van der Waals surface area (Å²) in [4.78, 5) is 16.5. The van der Waals surface area contributed by atoms with Crippen molar-refractivity contribution in [3.05, 3.63) is 24.4 Å². The van der Waals surface area contributed by atoms with E-state index in [0.29, 0.717) is 6.04 Å². The fourth-order valence-electron chi connectivity index (χ4n) is 3.49. The molecule has 0 amide bonds. The minimum absolute atomic E-state index is 0.489. The lowest BCUT2D eigenvalue weighted by Gasteiger charge is -2.37. The van der Waals surface area contributed by atoms with Crippen LogP contribution >= 0.6 is 0 Å². The van der Waals surface area contributed by atoms with Crippen molar-refractivity contribution in [2.45, 2.75) is 19.9 Å². The lowest BCUT2D eigenvalue weighted by atomic mass is 10.2. The second kappa shape index (κ2) is 9.73. The van der Waals surface area contributed by atoms with Crippen molar-refractivity contribution in [3.8, 4) is 0 Å². The first-order valence-electron chi connectivity index (χ1n) is 9.79. The second-order valence-electron chi connectivity index (χ2n) is 6.86. The molecular weight excluding hydrogens is 328 g/mol. The van der Waals surface area contributed by atoms with Crippen LogP contribution in [0.1, 0.15) is 13.8 Å². The predicted molar refractivity (Wildman–Crippen MR) is 106 cm³/mol. The Labute approximate surface area is 157 Å². The van der Waals surface area contributed by atoms with E-state index in [1.165, 1.54) is 0 Å². The molecule has 2 saturated heterocycles. The summed E-state index contributed by atoms with van der Waals surface area (Å²) in [6.07, 6.45) is 1.86. The van der Waals surface area contributed by atoms with Crippen molar-refractivity contribution in [1.29, 1.82) is 0 Å². The summed E-state index contributed by atoms with van der Waals surface area (Å²) in [5.74, 6) is 2.10. The number of nitrogens with zero attached hydrogens (tertiary/aromatic N) is 5. The zero-order valence-electron chi connectivity index (χ0n) is 16.1. The monoisotopic (exact) mass is 360 g/mol. The number of hydrogen-bond donors (Lipinski definition) is 1. The van der Waals surface area contributed by atoms with Gasteiger partial charge in [0.25, 0.3) is 0 Å². The number of hydrogen-bond acceptors (Lipinski definition) is 5. The number of guanidine groups is 1. The predicted octanol–water partition coefficient (Wildman–Crippen LogP) is 0.890. The summed E-state index contributed by atoms with van der Waals surface area (Å²) in [7, 11) is 0. The zero-order valence-corrected chi connectivity index (χ0v) is 16.1. The van der Waals surface area contributed by atoms with Crippen molar-refractivity contribution >= 4 is 11.8 Å². The third-order valence-electron chi connectivity index (χ3n) is 5.04. The van der Waals surface area contributed by atoms with Crippen molar-refractivity contribution < 1.29 is 4.74 Å². The molecule has 0 aromatic carbocycles. The summed E-state index contributed by atoms with van der Waals surface area (Å²) in [6.45, 7) is 13.6. The van der Waals surface area contributed by atoms with E-state index in [-0.39, 0.29) is 0 Å². The van der Waals surface area contributed by atoms with Crippen LogP contribution < -0.4 is 10.2 Å². The molecule has 1 N–H and O–H groups in total. The Balaban J connectivity index is 1.51. The summed E-state index contributed by atoms with van der Waals surface area (Å²) in [5.41, 5.74) is 0. The van der Waals surface area contributed by atoms with Gasteiger partial charge in [-0.05, 0) is 26.0 Å². The van der Waals surface area contributed by atoms with Crippen LogP contribution in [0.25, 0.3) is 0 Å². The molecule has 1 aromatic heterocycles. The Kier molecular flexibility index (Phi) is 7.08. The van der Waals surface area contributed by atoms with Crippen molar-refractivity contribution in [3.63, 3.8) is 0 Å². The molecule has 1 unspecified atom stereocenters. The lowest BCUT2D eigenvalue weighted by molar-refractivity contribution is 0.00139. The van der Waals surface area contributed by atoms with E-state index >= 15 is 0 Å². The fourth-order valence-corrected chi connectivity index (χ4v) is 3.49. The van der Waals surface area contributed by atoms with Crippen LogP contribution in [0.4, 0.5) is 5.82 Å². The Morgan fingerprint density at radius 3 is 2.81 bits per heavy atom. The molecule has 0 saturated carbocycles. The van der Waals surface area contributed by atoms with Gasteiger partial charge in [-0.25, -0.2) is 4.98 Å². The van der Waals surface area contributed by atoms with E-state index in [9.17, 15) is 0 Å². The number of aromatic nitrogens is 1. The number of nitrogens with one attached hydrogen (secondary N) is 1. The number of ether oxygens (including phenoxy) is 1. The maximum atomic E-state index is 5.51. The van der Waals surface area contributed by atoms with Gasteiger partial charge in [-0.3, -0.25) is 9.89 Å². The van der Waals surface area contributed by atoms with Gasteiger partial charge < -0.3 is 19.9 Å². The van der Waals surface area contributed by atoms with E-state index in [1.807, 2.05) is 18.3 Å². The number of piperazine rings is 1. The quantitative estimate of drug-likeness (QED) is 0.622. The minimum atomic E-state index is 0.489. The highest BCUT2D eigenvalue weighted by atomic mass is 16.5. The molecule has 3 rings (SSSR count). The minimum Gasteiger partial charge on any atom is -0.379 e. The molecule has 7 nitrogen and oxygen atoms in total. The highest BCUT2D eigenvalue weighted by Gasteiger charge is 2.21. The summed E-state index contributed by atoms with van der Waals surface area (Å²) in [6, 6.07) is 6.58. The third kappa shape index (κ3) is 5.08. The average molecular weight is 361 g/mol. The molecule has 0 spiro atoms. The van der Waals surface area contributed by atoms with Gasteiger partial charge in [0.05, 0.1) is 19.8 Å². The molecule has 26 heavy (non-hydrogen) atoms. The topological polar surface area (TPSA) is 56.2 Å². The van der Waals surface area contributed by atoms with Crippen LogP contribution in [0.2, 0.25) is 0 Å². The maximum absolute atomic E-state index is 5.51. The first-order valence-corrected chi connectivity index (χ1v) is 9.79. The van der Waals surface area contributed by atoms with Gasteiger partial charge in [0.2, 0.25) is 0 Å². The molecule has 2 aliphatic heterocycles. The molecule has 0 aliphatic carbocycles. The van der Waals surface area contributed by atoms with Crippen LogP contribution in [-0.4, -0.2) is 92.4 Å². The molecule has 2 aliphatic rings. The molecule has 0 radical (unpaired) electrons. The molecule has 3 heterocycles. The summed E-state index contributed by atoms with van der Waals surface area (Å²) >= 11 is 0. The number of pyridine rings is 1. The van der Waals surface area contributed by atoms with E-state index in [0.717, 1.165) is 77.3 Å². The molecule has 7 heteroatoms. The molecule has 0 bridgehead atoms. The molecule has 1 atom stereocenters. The second-order valence-corrected chi connectivity index (χ2v) is 6.86. The zero-order chi connectivity index (χ0) is 18.2.